The van der Waals surface area contributed by atoms with Crippen LogP contribution < -0.4 is 5.73 Å². The summed E-state index contributed by atoms with van der Waals surface area (Å²) in [6.45, 7) is 0.347. The van der Waals surface area contributed by atoms with E-state index in [2.05, 4.69) is 10.2 Å². The lowest BCUT2D eigenvalue weighted by molar-refractivity contribution is 0.0689. The predicted molar refractivity (Wildman–Crippen MR) is 43.3 cm³/mol. The third kappa shape index (κ3) is 1.57. The van der Waals surface area contributed by atoms with Gasteiger partial charge in [-0.2, -0.15) is 5.10 Å². The molecule has 0 atom stereocenters. The van der Waals surface area contributed by atoms with Gasteiger partial charge in [0, 0.05) is 5.56 Å². The molecular formula is C6H8ClN3O2. The van der Waals surface area contributed by atoms with Crippen molar-refractivity contribution in [2.45, 2.75) is 6.42 Å². The molecule has 0 spiro atoms. The lowest BCUT2D eigenvalue weighted by Crippen LogP contribution is -2.07. The van der Waals surface area contributed by atoms with Crippen LogP contribution in [0.4, 0.5) is 0 Å². The van der Waals surface area contributed by atoms with Crippen LogP contribution >= 0.6 is 11.6 Å². The zero-order valence-electron chi connectivity index (χ0n) is 6.17. The smallest absolute Gasteiger partial charge is 0.356 e. The van der Waals surface area contributed by atoms with Gasteiger partial charge in [0.1, 0.15) is 5.15 Å². The third-order valence-corrected chi connectivity index (χ3v) is 1.73. The van der Waals surface area contributed by atoms with Crippen molar-refractivity contribution < 1.29 is 9.90 Å². The molecule has 1 aromatic rings. The molecule has 0 aliphatic heterocycles. The SMILES string of the molecule is NCCc1c(C(=O)O)n[nH]c1Cl. The molecule has 12 heavy (non-hydrogen) atoms. The number of aromatic carboxylic acids is 1. The Balaban J connectivity index is 3.03. The average Bonchev–Trinajstić information content (AvgIpc) is 2.34. The predicted octanol–water partition coefficient (Wildman–Crippen LogP) is 0.262. The van der Waals surface area contributed by atoms with Crippen LogP contribution in [0.3, 0.4) is 0 Å². The van der Waals surface area contributed by atoms with E-state index in [1.54, 1.807) is 0 Å². The summed E-state index contributed by atoms with van der Waals surface area (Å²) in [5, 5.41) is 14.8. The first-order valence-electron chi connectivity index (χ1n) is 3.33. The Morgan fingerprint density at radius 2 is 2.42 bits per heavy atom. The second-order valence-electron chi connectivity index (χ2n) is 2.21. The third-order valence-electron chi connectivity index (χ3n) is 1.41. The van der Waals surface area contributed by atoms with Gasteiger partial charge in [0.25, 0.3) is 0 Å². The molecule has 0 bridgehead atoms. The number of carboxylic acids is 1. The Hall–Kier alpha value is -1.07. The number of hydrogen-bond acceptors (Lipinski definition) is 3. The van der Waals surface area contributed by atoms with E-state index in [1.165, 1.54) is 0 Å². The highest BCUT2D eigenvalue weighted by atomic mass is 35.5. The fourth-order valence-electron chi connectivity index (χ4n) is 0.893. The quantitative estimate of drug-likeness (QED) is 0.636. The van der Waals surface area contributed by atoms with Crippen LogP contribution in [0.2, 0.25) is 5.15 Å². The highest BCUT2D eigenvalue weighted by Gasteiger charge is 2.16. The molecule has 6 heteroatoms. The molecule has 0 aliphatic rings. The van der Waals surface area contributed by atoms with Crippen LogP contribution in [0.5, 0.6) is 0 Å². The molecule has 1 rings (SSSR count). The van der Waals surface area contributed by atoms with Gasteiger partial charge in [-0.1, -0.05) is 11.6 Å². The van der Waals surface area contributed by atoms with Crippen molar-refractivity contribution in [3.05, 3.63) is 16.4 Å². The van der Waals surface area contributed by atoms with Gasteiger partial charge in [0.05, 0.1) is 0 Å². The lowest BCUT2D eigenvalue weighted by Gasteiger charge is -1.95. The Labute approximate surface area is 73.5 Å². The number of nitrogens with one attached hydrogen (secondary N) is 1. The average molecular weight is 190 g/mol. The van der Waals surface area contributed by atoms with Crippen LogP contribution in [0.25, 0.3) is 0 Å². The van der Waals surface area contributed by atoms with Crippen molar-refractivity contribution in [3.8, 4) is 0 Å². The summed E-state index contributed by atoms with van der Waals surface area (Å²) in [4.78, 5) is 10.5. The zero-order chi connectivity index (χ0) is 9.14. The number of H-pyrrole nitrogens is 1. The van der Waals surface area contributed by atoms with E-state index in [9.17, 15) is 4.79 Å². The highest BCUT2D eigenvalue weighted by molar-refractivity contribution is 6.30. The van der Waals surface area contributed by atoms with E-state index >= 15 is 0 Å². The summed E-state index contributed by atoms with van der Waals surface area (Å²) in [5.74, 6) is -1.10. The monoisotopic (exact) mass is 189 g/mol. The van der Waals surface area contributed by atoms with Crippen molar-refractivity contribution >= 4 is 17.6 Å². The molecule has 66 valence electrons. The van der Waals surface area contributed by atoms with Crippen molar-refractivity contribution in [3.63, 3.8) is 0 Å². The van der Waals surface area contributed by atoms with Crippen molar-refractivity contribution in [2.24, 2.45) is 5.73 Å². The van der Waals surface area contributed by atoms with E-state index in [-0.39, 0.29) is 10.8 Å². The molecule has 1 aromatic heterocycles. The normalized spacial score (nSPS) is 10.2. The Kier molecular flexibility index (Phi) is 2.67. The Morgan fingerprint density at radius 1 is 1.75 bits per heavy atom. The van der Waals surface area contributed by atoms with Crippen LogP contribution in [0, 0.1) is 0 Å². The van der Waals surface area contributed by atoms with Crippen LogP contribution in [0.15, 0.2) is 0 Å². The minimum atomic E-state index is -1.10. The number of carbonyl (C=O) groups is 1. The Morgan fingerprint density at radius 3 is 2.92 bits per heavy atom. The second-order valence-corrected chi connectivity index (χ2v) is 2.59. The molecule has 0 saturated carbocycles. The maximum absolute atomic E-state index is 10.5. The highest BCUT2D eigenvalue weighted by Crippen LogP contribution is 2.16. The molecule has 0 unspecified atom stereocenters. The first-order valence-corrected chi connectivity index (χ1v) is 3.70. The molecule has 4 N–H and O–H groups in total. The molecule has 5 nitrogen and oxygen atoms in total. The minimum Gasteiger partial charge on any atom is -0.476 e. The number of nitrogens with two attached hydrogens (primary N) is 1. The molecule has 0 radical (unpaired) electrons. The number of rotatable bonds is 3. The summed E-state index contributed by atoms with van der Waals surface area (Å²) in [7, 11) is 0. The molecular weight excluding hydrogens is 182 g/mol. The van der Waals surface area contributed by atoms with Crippen molar-refractivity contribution in [1.29, 1.82) is 0 Å². The van der Waals surface area contributed by atoms with Crippen molar-refractivity contribution in [1.82, 2.24) is 10.2 Å². The maximum Gasteiger partial charge on any atom is 0.356 e. The topological polar surface area (TPSA) is 92.0 Å². The number of aromatic amines is 1. The van der Waals surface area contributed by atoms with E-state index in [1.807, 2.05) is 0 Å². The Bertz CT molecular complexity index is 297. The van der Waals surface area contributed by atoms with E-state index in [0.29, 0.717) is 18.5 Å². The lowest BCUT2D eigenvalue weighted by atomic mass is 10.2. The van der Waals surface area contributed by atoms with Gasteiger partial charge in [-0.3, -0.25) is 5.10 Å². The van der Waals surface area contributed by atoms with Gasteiger partial charge in [0.2, 0.25) is 0 Å². The summed E-state index contributed by atoms with van der Waals surface area (Å²) in [6.07, 6.45) is 0.414. The first kappa shape index (κ1) is 9.02. The fraction of sp³-hybridized carbons (Fsp3) is 0.333. The molecule has 0 saturated heterocycles. The largest absolute Gasteiger partial charge is 0.476 e. The summed E-state index contributed by atoms with van der Waals surface area (Å²) >= 11 is 5.63. The molecule has 0 fully saturated rings. The van der Waals surface area contributed by atoms with Gasteiger partial charge in [-0.15, -0.1) is 0 Å². The van der Waals surface area contributed by atoms with Gasteiger partial charge in [0.15, 0.2) is 5.69 Å². The van der Waals surface area contributed by atoms with Gasteiger partial charge in [-0.05, 0) is 13.0 Å². The van der Waals surface area contributed by atoms with E-state index in [4.69, 9.17) is 22.4 Å². The van der Waals surface area contributed by atoms with Gasteiger partial charge >= 0.3 is 5.97 Å². The van der Waals surface area contributed by atoms with Gasteiger partial charge in [-0.25, -0.2) is 4.79 Å². The zero-order valence-corrected chi connectivity index (χ0v) is 6.93. The first-order chi connectivity index (χ1) is 5.66. The summed E-state index contributed by atoms with van der Waals surface area (Å²) < 4.78 is 0. The van der Waals surface area contributed by atoms with E-state index in [0.717, 1.165) is 0 Å². The summed E-state index contributed by atoms with van der Waals surface area (Å²) in [6, 6.07) is 0. The van der Waals surface area contributed by atoms with Crippen LogP contribution in [-0.4, -0.2) is 27.8 Å². The van der Waals surface area contributed by atoms with Gasteiger partial charge < -0.3 is 10.8 Å². The number of aromatic nitrogens is 2. The van der Waals surface area contributed by atoms with Crippen molar-refractivity contribution in [2.75, 3.05) is 6.54 Å². The molecule has 1 heterocycles. The standard InChI is InChI=1S/C6H8ClN3O2/c7-5-3(1-2-8)4(6(11)12)9-10-5/h1-2,8H2,(H,9,10)(H,11,12). The number of carboxylic acid groups (broad SMARTS) is 1. The minimum absolute atomic E-state index is 0.0505. The van der Waals surface area contributed by atoms with Crippen LogP contribution in [0.1, 0.15) is 16.1 Å². The van der Waals surface area contributed by atoms with Crippen LogP contribution in [-0.2, 0) is 6.42 Å². The molecule has 0 amide bonds. The van der Waals surface area contributed by atoms with E-state index < -0.39 is 5.97 Å². The molecule has 0 aliphatic carbocycles. The fourth-order valence-corrected chi connectivity index (χ4v) is 1.12. The molecule has 0 aromatic carbocycles. The number of nitrogens with zero attached hydrogens (tertiary/aromatic N) is 1. The second kappa shape index (κ2) is 3.55. The maximum atomic E-state index is 10.5. The number of hydrogen-bond donors (Lipinski definition) is 3. The summed E-state index contributed by atoms with van der Waals surface area (Å²) in [5.41, 5.74) is 5.68. The number of halogens is 1.